The average molecular weight is 292 g/mol. The molecule has 1 aliphatic heterocycles. The predicted molar refractivity (Wildman–Crippen MR) is 72.4 cm³/mol. The minimum atomic E-state index is -0.924. The maximum Gasteiger partial charge on any atom is 0.333 e. The first-order valence-electron chi connectivity index (χ1n) is 6.44. The van der Waals surface area contributed by atoms with E-state index in [1.54, 1.807) is 30.3 Å². The third-order valence-electron chi connectivity index (χ3n) is 3.36. The highest BCUT2D eigenvalue weighted by atomic mass is 16.5. The highest BCUT2D eigenvalue weighted by Gasteiger charge is 2.37. The SMILES string of the molecule is COC(=O)C(NC(=O)N1CC(C(=O)O)C1)c1ccccc1. The molecule has 1 unspecified atom stereocenters. The van der Waals surface area contributed by atoms with E-state index in [4.69, 9.17) is 9.84 Å². The van der Waals surface area contributed by atoms with Gasteiger partial charge >= 0.3 is 18.0 Å². The number of methoxy groups -OCH3 is 1. The number of nitrogens with zero attached hydrogens (tertiary/aromatic N) is 1. The molecule has 0 bridgehead atoms. The first kappa shape index (κ1) is 14.8. The highest BCUT2D eigenvalue weighted by molar-refractivity contribution is 5.86. The van der Waals surface area contributed by atoms with Crippen LogP contribution in [0.25, 0.3) is 0 Å². The molecule has 0 aliphatic carbocycles. The van der Waals surface area contributed by atoms with Crippen LogP contribution in [0.15, 0.2) is 30.3 Å². The first-order chi connectivity index (χ1) is 10.0. The van der Waals surface area contributed by atoms with E-state index >= 15 is 0 Å². The molecule has 1 aromatic rings. The number of carboxylic acid groups (broad SMARTS) is 1. The molecule has 1 heterocycles. The molecule has 7 nitrogen and oxygen atoms in total. The van der Waals surface area contributed by atoms with Crippen LogP contribution < -0.4 is 5.32 Å². The minimum absolute atomic E-state index is 0.143. The van der Waals surface area contributed by atoms with Crippen molar-refractivity contribution in [3.63, 3.8) is 0 Å². The monoisotopic (exact) mass is 292 g/mol. The maximum absolute atomic E-state index is 12.0. The molecule has 0 radical (unpaired) electrons. The quantitative estimate of drug-likeness (QED) is 0.793. The van der Waals surface area contributed by atoms with E-state index in [9.17, 15) is 14.4 Å². The van der Waals surface area contributed by atoms with E-state index < -0.39 is 29.9 Å². The van der Waals surface area contributed by atoms with Crippen molar-refractivity contribution in [1.29, 1.82) is 0 Å². The molecule has 0 saturated carbocycles. The van der Waals surface area contributed by atoms with Crippen LogP contribution in [0, 0.1) is 5.92 Å². The Bertz CT molecular complexity index is 540. The van der Waals surface area contributed by atoms with Crippen molar-refractivity contribution in [3.05, 3.63) is 35.9 Å². The minimum Gasteiger partial charge on any atom is -0.481 e. The van der Waals surface area contributed by atoms with Crippen molar-refractivity contribution in [3.8, 4) is 0 Å². The zero-order valence-corrected chi connectivity index (χ0v) is 11.5. The smallest absolute Gasteiger partial charge is 0.333 e. The molecule has 1 fully saturated rings. The molecule has 2 N–H and O–H groups in total. The molecule has 1 atom stereocenters. The molecule has 7 heteroatoms. The van der Waals surface area contributed by atoms with Gasteiger partial charge in [0.15, 0.2) is 6.04 Å². The number of aliphatic carboxylic acids is 1. The highest BCUT2D eigenvalue weighted by Crippen LogP contribution is 2.19. The summed E-state index contributed by atoms with van der Waals surface area (Å²) in [6, 6.07) is 7.32. The summed E-state index contributed by atoms with van der Waals surface area (Å²) in [6.45, 7) is 0.285. The van der Waals surface area contributed by atoms with Gasteiger partial charge in [0.1, 0.15) is 0 Å². The predicted octanol–water partition coefficient (Wildman–Crippen LogP) is 0.627. The number of nitrogens with one attached hydrogen (secondary N) is 1. The largest absolute Gasteiger partial charge is 0.481 e. The Balaban J connectivity index is 2.02. The van der Waals surface area contributed by atoms with E-state index in [0.29, 0.717) is 5.56 Å². The molecule has 2 rings (SSSR count). The number of likely N-dealkylation sites (tertiary alicyclic amines) is 1. The van der Waals surface area contributed by atoms with Gasteiger partial charge in [0.2, 0.25) is 0 Å². The Morgan fingerprint density at radius 2 is 1.90 bits per heavy atom. The van der Waals surface area contributed by atoms with Crippen molar-refractivity contribution in [2.45, 2.75) is 6.04 Å². The second-order valence-electron chi connectivity index (χ2n) is 4.76. The zero-order chi connectivity index (χ0) is 15.4. The summed E-state index contributed by atoms with van der Waals surface area (Å²) in [4.78, 5) is 35.9. The van der Waals surface area contributed by atoms with Gasteiger partial charge in [0.05, 0.1) is 13.0 Å². The van der Waals surface area contributed by atoms with Crippen LogP contribution >= 0.6 is 0 Å². The molecule has 0 spiro atoms. The van der Waals surface area contributed by atoms with Gasteiger partial charge in [0.25, 0.3) is 0 Å². The maximum atomic E-state index is 12.0. The van der Waals surface area contributed by atoms with E-state index in [1.807, 2.05) is 0 Å². The van der Waals surface area contributed by atoms with Crippen LogP contribution in [-0.4, -0.2) is 48.2 Å². The summed E-state index contributed by atoms with van der Waals surface area (Å²) >= 11 is 0. The molecule has 0 aromatic heterocycles. The van der Waals surface area contributed by atoms with Gasteiger partial charge in [-0.1, -0.05) is 30.3 Å². The molecule has 2 amide bonds. The van der Waals surface area contributed by atoms with Crippen molar-refractivity contribution in [1.82, 2.24) is 10.2 Å². The van der Waals surface area contributed by atoms with E-state index in [0.717, 1.165) is 0 Å². The standard InChI is InChI=1S/C14H16N2O5/c1-21-13(19)11(9-5-3-2-4-6-9)15-14(20)16-7-10(8-16)12(17)18/h2-6,10-11H,7-8H2,1H3,(H,15,20)(H,17,18). The summed E-state index contributed by atoms with van der Waals surface area (Å²) in [5, 5.41) is 11.4. The van der Waals surface area contributed by atoms with E-state index in [2.05, 4.69) is 5.32 Å². The number of ether oxygens (including phenoxy) is 1. The Morgan fingerprint density at radius 1 is 1.29 bits per heavy atom. The first-order valence-corrected chi connectivity index (χ1v) is 6.44. The van der Waals surface area contributed by atoms with Crippen LogP contribution in [0.4, 0.5) is 4.79 Å². The lowest BCUT2D eigenvalue weighted by molar-refractivity contribution is -0.147. The second-order valence-corrected chi connectivity index (χ2v) is 4.76. The zero-order valence-electron chi connectivity index (χ0n) is 11.5. The van der Waals surface area contributed by atoms with Crippen LogP contribution in [0.1, 0.15) is 11.6 Å². The summed E-state index contributed by atoms with van der Waals surface area (Å²) in [5.41, 5.74) is 0.605. The third-order valence-corrected chi connectivity index (χ3v) is 3.36. The van der Waals surface area contributed by atoms with Crippen LogP contribution in [-0.2, 0) is 14.3 Å². The van der Waals surface area contributed by atoms with Crippen LogP contribution in [0.2, 0.25) is 0 Å². The Hall–Kier alpha value is -2.57. The number of carboxylic acids is 1. The van der Waals surface area contributed by atoms with E-state index in [1.165, 1.54) is 12.0 Å². The van der Waals surface area contributed by atoms with Gasteiger partial charge in [0, 0.05) is 13.1 Å². The van der Waals surface area contributed by atoms with Crippen molar-refractivity contribution >= 4 is 18.0 Å². The molecule has 1 aromatic carbocycles. The topological polar surface area (TPSA) is 95.9 Å². The van der Waals surface area contributed by atoms with Gasteiger partial charge in [-0.2, -0.15) is 0 Å². The van der Waals surface area contributed by atoms with Gasteiger partial charge < -0.3 is 20.1 Å². The summed E-state index contributed by atoms with van der Waals surface area (Å²) in [5.74, 6) is -2.04. The number of carbonyl (C=O) groups is 3. The molecule has 1 aliphatic rings. The lowest BCUT2D eigenvalue weighted by Gasteiger charge is -2.37. The fourth-order valence-corrected chi connectivity index (χ4v) is 2.06. The fraction of sp³-hybridized carbons (Fsp3) is 0.357. The summed E-state index contributed by atoms with van der Waals surface area (Å²) in [6.07, 6.45) is 0. The number of hydrogen-bond donors (Lipinski definition) is 2. The number of carbonyl (C=O) groups excluding carboxylic acids is 2. The van der Waals surface area contributed by atoms with Gasteiger partial charge in [-0.3, -0.25) is 4.79 Å². The number of urea groups is 1. The van der Waals surface area contributed by atoms with Crippen molar-refractivity contribution in [2.24, 2.45) is 5.92 Å². The molecular formula is C14H16N2O5. The Labute approximate surface area is 121 Å². The molecule has 112 valence electrons. The normalized spacial score (nSPS) is 15.8. The average Bonchev–Trinajstić information content (AvgIpc) is 2.43. The number of benzene rings is 1. The van der Waals surface area contributed by atoms with Gasteiger partial charge in [-0.05, 0) is 5.56 Å². The number of esters is 1. The molecular weight excluding hydrogens is 276 g/mol. The Kier molecular flexibility index (Phi) is 4.42. The number of amides is 2. The van der Waals surface area contributed by atoms with Crippen LogP contribution in [0.5, 0.6) is 0 Å². The third kappa shape index (κ3) is 3.31. The molecule has 1 saturated heterocycles. The Morgan fingerprint density at radius 3 is 2.43 bits per heavy atom. The number of hydrogen-bond acceptors (Lipinski definition) is 4. The molecule has 21 heavy (non-hydrogen) atoms. The summed E-state index contributed by atoms with van der Waals surface area (Å²) in [7, 11) is 1.24. The summed E-state index contributed by atoms with van der Waals surface area (Å²) < 4.78 is 4.69. The van der Waals surface area contributed by atoms with Crippen molar-refractivity contribution in [2.75, 3.05) is 20.2 Å². The number of rotatable bonds is 4. The van der Waals surface area contributed by atoms with Crippen LogP contribution in [0.3, 0.4) is 0 Å². The van der Waals surface area contributed by atoms with Crippen molar-refractivity contribution < 1.29 is 24.2 Å². The lowest BCUT2D eigenvalue weighted by Crippen LogP contribution is -2.57. The lowest BCUT2D eigenvalue weighted by atomic mass is 10.0. The fourth-order valence-electron chi connectivity index (χ4n) is 2.06. The van der Waals surface area contributed by atoms with Gasteiger partial charge in [-0.25, -0.2) is 9.59 Å². The van der Waals surface area contributed by atoms with E-state index in [-0.39, 0.29) is 13.1 Å². The van der Waals surface area contributed by atoms with Gasteiger partial charge in [-0.15, -0.1) is 0 Å². The second kappa shape index (κ2) is 6.25.